The summed E-state index contributed by atoms with van der Waals surface area (Å²) in [6.45, 7) is 6.16. The third-order valence-corrected chi connectivity index (χ3v) is 4.32. The predicted octanol–water partition coefficient (Wildman–Crippen LogP) is 1.47. The molecule has 1 aliphatic rings. The zero-order valence-electron chi connectivity index (χ0n) is 13.8. The molecule has 0 atom stereocenters. The highest BCUT2D eigenvalue weighted by Gasteiger charge is 2.21. The first-order chi connectivity index (χ1) is 11.1. The summed E-state index contributed by atoms with van der Waals surface area (Å²) in [5.74, 6) is 1.14. The molecule has 6 heteroatoms. The molecule has 0 aliphatic carbocycles. The number of imidazole rings is 1. The molecular formula is C17H23N5O. The van der Waals surface area contributed by atoms with Crippen LogP contribution in [-0.2, 0) is 13.6 Å². The third-order valence-electron chi connectivity index (χ3n) is 4.32. The van der Waals surface area contributed by atoms with Gasteiger partial charge in [0.15, 0.2) is 0 Å². The minimum Gasteiger partial charge on any atom is -0.337 e. The number of amides is 1. The van der Waals surface area contributed by atoms with Gasteiger partial charge in [0, 0.05) is 57.5 Å². The minimum atomic E-state index is 0.0799. The quantitative estimate of drug-likeness (QED) is 0.861. The van der Waals surface area contributed by atoms with Gasteiger partial charge in [0.25, 0.3) is 5.91 Å². The minimum absolute atomic E-state index is 0.0799. The molecule has 3 heterocycles. The average molecular weight is 313 g/mol. The van der Waals surface area contributed by atoms with Crippen LogP contribution >= 0.6 is 0 Å². The number of aryl methyl sites for hydroxylation is 2. The second-order valence-electron chi connectivity index (χ2n) is 6.06. The molecule has 23 heavy (non-hydrogen) atoms. The van der Waals surface area contributed by atoms with E-state index in [2.05, 4.69) is 14.9 Å². The molecular weight excluding hydrogens is 290 g/mol. The van der Waals surface area contributed by atoms with Crippen LogP contribution in [0.4, 0.5) is 0 Å². The van der Waals surface area contributed by atoms with Crippen LogP contribution in [0.2, 0.25) is 0 Å². The van der Waals surface area contributed by atoms with Gasteiger partial charge in [-0.2, -0.15) is 0 Å². The molecule has 0 unspecified atom stereocenters. The maximum absolute atomic E-state index is 12.6. The first-order valence-electron chi connectivity index (χ1n) is 8.04. The van der Waals surface area contributed by atoms with Gasteiger partial charge >= 0.3 is 0 Å². The zero-order chi connectivity index (χ0) is 16.2. The van der Waals surface area contributed by atoms with E-state index in [-0.39, 0.29) is 5.91 Å². The van der Waals surface area contributed by atoms with Crippen molar-refractivity contribution in [3.05, 3.63) is 47.8 Å². The third kappa shape index (κ3) is 3.76. The summed E-state index contributed by atoms with van der Waals surface area (Å²) < 4.78 is 2.05. The number of hydrogen-bond acceptors (Lipinski definition) is 4. The summed E-state index contributed by atoms with van der Waals surface area (Å²) in [4.78, 5) is 25.5. The van der Waals surface area contributed by atoms with Crippen molar-refractivity contribution in [2.75, 3.05) is 26.2 Å². The Morgan fingerprint density at radius 2 is 2.04 bits per heavy atom. The van der Waals surface area contributed by atoms with Gasteiger partial charge in [0.1, 0.15) is 5.82 Å². The van der Waals surface area contributed by atoms with E-state index in [4.69, 9.17) is 0 Å². The van der Waals surface area contributed by atoms with Gasteiger partial charge in [0.05, 0.1) is 12.1 Å². The average Bonchev–Trinajstić information content (AvgIpc) is 2.82. The first kappa shape index (κ1) is 15.7. The largest absolute Gasteiger partial charge is 0.337 e. The molecule has 6 nitrogen and oxygen atoms in total. The van der Waals surface area contributed by atoms with E-state index >= 15 is 0 Å². The fourth-order valence-electron chi connectivity index (χ4n) is 2.86. The van der Waals surface area contributed by atoms with Gasteiger partial charge < -0.3 is 9.47 Å². The highest BCUT2D eigenvalue weighted by Crippen LogP contribution is 2.11. The van der Waals surface area contributed by atoms with Gasteiger partial charge in [0.2, 0.25) is 0 Å². The van der Waals surface area contributed by atoms with Crippen molar-refractivity contribution in [3.8, 4) is 0 Å². The van der Waals surface area contributed by atoms with Crippen LogP contribution in [0, 0.1) is 6.92 Å². The molecule has 0 saturated carbocycles. The molecule has 0 spiro atoms. The van der Waals surface area contributed by atoms with Crippen LogP contribution in [-0.4, -0.2) is 56.4 Å². The Hall–Kier alpha value is -2.21. The molecule has 2 aromatic heterocycles. The van der Waals surface area contributed by atoms with Crippen LogP contribution in [0.1, 0.15) is 28.3 Å². The lowest BCUT2D eigenvalue weighted by Crippen LogP contribution is -2.35. The summed E-state index contributed by atoms with van der Waals surface area (Å²) in [7, 11) is 2.01. The first-order valence-corrected chi connectivity index (χ1v) is 8.04. The molecule has 0 N–H and O–H groups in total. The Kier molecular flexibility index (Phi) is 4.71. The number of aromatic nitrogens is 3. The molecule has 0 aromatic carbocycles. The molecule has 2 aromatic rings. The fraction of sp³-hybridized carbons (Fsp3) is 0.471. The van der Waals surface area contributed by atoms with E-state index in [1.165, 1.54) is 0 Å². The summed E-state index contributed by atoms with van der Waals surface area (Å²) in [6, 6.07) is 3.75. The van der Waals surface area contributed by atoms with Crippen molar-refractivity contribution < 1.29 is 4.79 Å². The molecule has 1 amide bonds. The van der Waals surface area contributed by atoms with Crippen molar-refractivity contribution in [3.63, 3.8) is 0 Å². The number of rotatable bonds is 3. The van der Waals surface area contributed by atoms with Gasteiger partial charge in [-0.05, 0) is 25.5 Å². The van der Waals surface area contributed by atoms with Crippen LogP contribution < -0.4 is 0 Å². The maximum atomic E-state index is 12.6. The van der Waals surface area contributed by atoms with Crippen molar-refractivity contribution >= 4 is 5.91 Å². The molecule has 1 aliphatic heterocycles. The molecule has 3 rings (SSSR count). The lowest BCUT2D eigenvalue weighted by atomic mass is 10.2. The van der Waals surface area contributed by atoms with E-state index in [0.29, 0.717) is 5.56 Å². The molecule has 1 saturated heterocycles. The molecule has 0 bridgehead atoms. The van der Waals surface area contributed by atoms with Crippen molar-refractivity contribution in [1.82, 2.24) is 24.3 Å². The maximum Gasteiger partial charge on any atom is 0.255 e. The predicted molar refractivity (Wildman–Crippen MR) is 88.0 cm³/mol. The highest BCUT2D eigenvalue weighted by atomic mass is 16.2. The lowest BCUT2D eigenvalue weighted by molar-refractivity contribution is 0.0760. The van der Waals surface area contributed by atoms with Gasteiger partial charge in [-0.15, -0.1) is 0 Å². The van der Waals surface area contributed by atoms with Crippen molar-refractivity contribution in [1.29, 1.82) is 0 Å². The fourth-order valence-corrected chi connectivity index (χ4v) is 2.86. The van der Waals surface area contributed by atoms with Crippen molar-refractivity contribution in [2.45, 2.75) is 19.9 Å². The normalized spacial score (nSPS) is 16.3. The van der Waals surface area contributed by atoms with Crippen molar-refractivity contribution in [2.24, 2.45) is 7.05 Å². The second-order valence-corrected chi connectivity index (χ2v) is 6.06. The summed E-state index contributed by atoms with van der Waals surface area (Å²) >= 11 is 0. The smallest absolute Gasteiger partial charge is 0.255 e. The molecule has 122 valence electrons. The Morgan fingerprint density at radius 1 is 1.17 bits per heavy atom. The lowest BCUT2D eigenvalue weighted by Gasteiger charge is -2.22. The number of pyridine rings is 1. The molecule has 0 radical (unpaired) electrons. The molecule has 1 fully saturated rings. The van der Waals surface area contributed by atoms with E-state index in [1.807, 2.05) is 48.0 Å². The second kappa shape index (κ2) is 6.91. The van der Waals surface area contributed by atoms with Crippen LogP contribution in [0.3, 0.4) is 0 Å². The van der Waals surface area contributed by atoms with Crippen LogP contribution in [0.25, 0.3) is 0 Å². The number of nitrogens with zero attached hydrogens (tertiary/aromatic N) is 5. The Labute approximate surface area is 136 Å². The Bertz CT molecular complexity index is 664. The van der Waals surface area contributed by atoms with E-state index in [0.717, 1.165) is 50.7 Å². The van der Waals surface area contributed by atoms with Gasteiger partial charge in [-0.3, -0.25) is 14.7 Å². The summed E-state index contributed by atoms with van der Waals surface area (Å²) in [5, 5.41) is 0. The summed E-state index contributed by atoms with van der Waals surface area (Å²) in [5.41, 5.74) is 1.60. The zero-order valence-corrected chi connectivity index (χ0v) is 13.8. The Morgan fingerprint density at radius 3 is 2.74 bits per heavy atom. The van der Waals surface area contributed by atoms with Crippen LogP contribution in [0.5, 0.6) is 0 Å². The van der Waals surface area contributed by atoms with Gasteiger partial charge in [-0.25, -0.2) is 4.98 Å². The Balaban J connectivity index is 1.60. The van der Waals surface area contributed by atoms with E-state index < -0.39 is 0 Å². The van der Waals surface area contributed by atoms with Crippen LogP contribution in [0.15, 0.2) is 30.7 Å². The van der Waals surface area contributed by atoms with E-state index in [9.17, 15) is 4.79 Å². The SMILES string of the molecule is Cc1ccc(C(=O)N2CCCN(Cc3nccn3C)CC2)cn1. The van der Waals surface area contributed by atoms with Gasteiger partial charge in [-0.1, -0.05) is 0 Å². The summed E-state index contributed by atoms with van der Waals surface area (Å²) in [6.07, 6.45) is 6.45. The highest BCUT2D eigenvalue weighted by molar-refractivity contribution is 5.93. The number of hydrogen-bond donors (Lipinski definition) is 0. The number of carbonyl (C=O) groups is 1. The van der Waals surface area contributed by atoms with E-state index in [1.54, 1.807) is 6.20 Å². The monoisotopic (exact) mass is 313 g/mol. The number of carbonyl (C=O) groups excluding carboxylic acids is 1. The topological polar surface area (TPSA) is 54.3 Å². The standard InChI is InChI=1S/C17H23N5O/c1-14-4-5-15(12-19-14)17(23)22-8-3-7-21(10-11-22)13-16-18-6-9-20(16)2/h4-6,9,12H,3,7-8,10-11,13H2,1-2H3.